The van der Waals surface area contributed by atoms with E-state index in [0.717, 1.165) is 27.4 Å². The van der Waals surface area contributed by atoms with Crippen molar-refractivity contribution < 1.29 is 19.1 Å². The Labute approximate surface area is 209 Å². The molecule has 1 heterocycles. The van der Waals surface area contributed by atoms with Gasteiger partial charge in [-0.05, 0) is 59.3 Å². The third-order valence-electron chi connectivity index (χ3n) is 5.11. The van der Waals surface area contributed by atoms with Crippen molar-refractivity contribution >= 4 is 44.9 Å². The second-order valence-electron chi connectivity index (χ2n) is 7.37. The molecule has 0 saturated carbocycles. The fourth-order valence-corrected chi connectivity index (χ4v) is 4.69. The van der Waals surface area contributed by atoms with Gasteiger partial charge in [0.1, 0.15) is 6.61 Å². The predicted octanol–water partition coefficient (Wildman–Crippen LogP) is 6.14. The van der Waals surface area contributed by atoms with Crippen molar-refractivity contribution in [1.82, 2.24) is 4.90 Å². The average Bonchev–Trinajstić information content (AvgIpc) is 3.10. The Hall–Kier alpha value is -3.54. The zero-order chi connectivity index (χ0) is 24.1. The molecule has 1 aliphatic heterocycles. The molecule has 1 saturated heterocycles. The zero-order valence-corrected chi connectivity index (χ0v) is 20.6. The van der Waals surface area contributed by atoms with E-state index in [1.54, 1.807) is 36.4 Å². The molecule has 8 heteroatoms. The zero-order valence-electron chi connectivity index (χ0n) is 18.2. The summed E-state index contributed by atoms with van der Waals surface area (Å²) >= 11 is 4.32. The Kier molecular flexibility index (Phi) is 7.36. The van der Waals surface area contributed by atoms with E-state index in [4.69, 9.17) is 9.47 Å². The van der Waals surface area contributed by atoms with Gasteiger partial charge in [-0.25, -0.2) is 0 Å². The van der Waals surface area contributed by atoms with E-state index >= 15 is 0 Å². The number of ether oxygens (including phenoxy) is 2. The number of rotatable bonds is 7. The SMILES string of the molecule is COc1cc(/C=C2\SC(=O)N(Cc3cccc(Br)c3)C2=O)ccc1OCc1ccccc1C#N. The van der Waals surface area contributed by atoms with E-state index in [9.17, 15) is 14.9 Å². The summed E-state index contributed by atoms with van der Waals surface area (Å²) < 4.78 is 12.2. The minimum absolute atomic E-state index is 0.210. The summed E-state index contributed by atoms with van der Waals surface area (Å²) in [6.45, 7) is 0.426. The van der Waals surface area contributed by atoms with Crippen molar-refractivity contribution in [2.45, 2.75) is 13.2 Å². The molecule has 0 bridgehead atoms. The van der Waals surface area contributed by atoms with E-state index in [1.807, 2.05) is 36.4 Å². The summed E-state index contributed by atoms with van der Waals surface area (Å²) in [4.78, 5) is 26.9. The van der Waals surface area contributed by atoms with Crippen molar-refractivity contribution in [3.05, 3.63) is 98.4 Å². The Bertz CT molecular complexity index is 1330. The number of thioether (sulfide) groups is 1. The highest BCUT2D eigenvalue weighted by Crippen LogP contribution is 2.35. The maximum atomic E-state index is 12.9. The summed E-state index contributed by atoms with van der Waals surface area (Å²) in [7, 11) is 1.53. The second-order valence-corrected chi connectivity index (χ2v) is 9.27. The van der Waals surface area contributed by atoms with Crippen molar-refractivity contribution in [2.24, 2.45) is 0 Å². The monoisotopic (exact) mass is 534 g/mol. The molecular weight excluding hydrogens is 516 g/mol. The van der Waals surface area contributed by atoms with Crippen LogP contribution in [0.3, 0.4) is 0 Å². The van der Waals surface area contributed by atoms with E-state index in [1.165, 1.54) is 12.0 Å². The molecule has 0 aliphatic carbocycles. The smallest absolute Gasteiger partial charge is 0.293 e. The summed E-state index contributed by atoms with van der Waals surface area (Å²) in [5.41, 5.74) is 2.89. The number of methoxy groups -OCH3 is 1. The van der Waals surface area contributed by atoms with E-state index in [-0.39, 0.29) is 24.3 Å². The van der Waals surface area contributed by atoms with Gasteiger partial charge in [-0.15, -0.1) is 0 Å². The molecule has 0 radical (unpaired) electrons. The van der Waals surface area contributed by atoms with Gasteiger partial charge < -0.3 is 9.47 Å². The van der Waals surface area contributed by atoms with Gasteiger partial charge in [0.2, 0.25) is 0 Å². The van der Waals surface area contributed by atoms with Gasteiger partial charge in [-0.2, -0.15) is 5.26 Å². The molecule has 3 aromatic rings. The van der Waals surface area contributed by atoms with Crippen LogP contribution in [0.4, 0.5) is 4.79 Å². The highest BCUT2D eigenvalue weighted by atomic mass is 79.9. The number of hydrogen-bond donors (Lipinski definition) is 0. The molecule has 0 atom stereocenters. The number of amides is 2. The van der Waals surface area contributed by atoms with Crippen LogP contribution < -0.4 is 9.47 Å². The lowest BCUT2D eigenvalue weighted by atomic mass is 10.1. The molecule has 0 unspecified atom stereocenters. The molecule has 170 valence electrons. The number of nitrogens with zero attached hydrogens (tertiary/aromatic N) is 2. The third-order valence-corrected chi connectivity index (χ3v) is 6.51. The van der Waals surface area contributed by atoms with Gasteiger partial charge in [0.05, 0.1) is 30.2 Å². The fourth-order valence-electron chi connectivity index (χ4n) is 3.41. The van der Waals surface area contributed by atoms with Crippen LogP contribution in [0.15, 0.2) is 76.1 Å². The lowest BCUT2D eigenvalue weighted by Crippen LogP contribution is -2.27. The van der Waals surface area contributed by atoms with Crippen LogP contribution in [0.5, 0.6) is 11.5 Å². The molecule has 1 aliphatic rings. The number of imide groups is 1. The topological polar surface area (TPSA) is 79.6 Å². The summed E-state index contributed by atoms with van der Waals surface area (Å²) in [6.07, 6.45) is 1.67. The standard InChI is InChI=1S/C26H19BrN2O4S/c1-32-23-12-17(9-10-22(23)33-16-20-7-3-2-6-19(20)14-28)13-24-25(30)29(26(31)34-24)15-18-5-4-8-21(27)11-18/h2-13H,15-16H2,1H3/b24-13-. The molecule has 1 fully saturated rings. The number of benzene rings is 3. The van der Waals surface area contributed by atoms with Crippen LogP contribution in [-0.2, 0) is 17.9 Å². The normalized spacial score (nSPS) is 14.4. The second kappa shape index (κ2) is 10.6. The predicted molar refractivity (Wildman–Crippen MR) is 134 cm³/mol. The maximum absolute atomic E-state index is 12.9. The molecule has 0 spiro atoms. The van der Waals surface area contributed by atoms with Gasteiger partial charge >= 0.3 is 0 Å². The van der Waals surface area contributed by atoms with Gasteiger partial charge in [-0.1, -0.05) is 52.3 Å². The third kappa shape index (κ3) is 5.33. The molecule has 4 rings (SSSR count). The van der Waals surface area contributed by atoms with Crippen LogP contribution in [0, 0.1) is 11.3 Å². The van der Waals surface area contributed by atoms with Crippen LogP contribution in [0.2, 0.25) is 0 Å². The minimum Gasteiger partial charge on any atom is -0.493 e. The largest absolute Gasteiger partial charge is 0.493 e. The highest BCUT2D eigenvalue weighted by molar-refractivity contribution is 9.10. The lowest BCUT2D eigenvalue weighted by Gasteiger charge is -2.13. The fraction of sp³-hybridized carbons (Fsp3) is 0.115. The molecule has 0 aromatic heterocycles. The van der Waals surface area contributed by atoms with Crippen molar-refractivity contribution in [1.29, 1.82) is 5.26 Å². The van der Waals surface area contributed by atoms with E-state index in [0.29, 0.717) is 27.5 Å². The first-order valence-electron chi connectivity index (χ1n) is 10.3. The number of carbonyl (C=O) groups is 2. The molecule has 2 amide bonds. The number of halogens is 1. The first kappa shape index (κ1) is 23.6. The summed E-state index contributed by atoms with van der Waals surface area (Å²) in [5.74, 6) is 0.661. The Morgan fingerprint density at radius 2 is 1.88 bits per heavy atom. The van der Waals surface area contributed by atoms with Gasteiger partial charge in [0.25, 0.3) is 11.1 Å². The lowest BCUT2D eigenvalue weighted by molar-refractivity contribution is -0.123. The average molecular weight is 535 g/mol. The molecule has 6 nitrogen and oxygen atoms in total. The number of hydrogen-bond acceptors (Lipinski definition) is 6. The number of nitriles is 1. The van der Waals surface area contributed by atoms with Crippen molar-refractivity contribution in [2.75, 3.05) is 7.11 Å². The summed E-state index contributed by atoms with van der Waals surface area (Å²) in [6, 6.07) is 22.2. The Balaban J connectivity index is 1.50. The quantitative estimate of drug-likeness (QED) is 0.338. The van der Waals surface area contributed by atoms with Gasteiger partial charge in [0, 0.05) is 10.0 Å². The van der Waals surface area contributed by atoms with Crippen LogP contribution in [-0.4, -0.2) is 23.2 Å². The molecule has 0 N–H and O–H groups in total. The van der Waals surface area contributed by atoms with Crippen LogP contribution in [0.25, 0.3) is 6.08 Å². The minimum atomic E-state index is -0.331. The Morgan fingerprint density at radius 1 is 1.06 bits per heavy atom. The summed E-state index contributed by atoms with van der Waals surface area (Å²) in [5, 5.41) is 8.94. The Morgan fingerprint density at radius 3 is 2.65 bits per heavy atom. The van der Waals surface area contributed by atoms with Crippen LogP contribution >= 0.6 is 27.7 Å². The van der Waals surface area contributed by atoms with Crippen LogP contribution in [0.1, 0.15) is 22.3 Å². The highest BCUT2D eigenvalue weighted by Gasteiger charge is 2.35. The van der Waals surface area contributed by atoms with Crippen molar-refractivity contribution in [3.8, 4) is 17.6 Å². The molecule has 34 heavy (non-hydrogen) atoms. The first-order valence-corrected chi connectivity index (χ1v) is 11.9. The molecular formula is C26H19BrN2O4S. The van der Waals surface area contributed by atoms with Gasteiger partial charge in [-0.3, -0.25) is 14.5 Å². The van der Waals surface area contributed by atoms with Gasteiger partial charge in [0.15, 0.2) is 11.5 Å². The maximum Gasteiger partial charge on any atom is 0.293 e. The van der Waals surface area contributed by atoms with Crippen molar-refractivity contribution in [3.63, 3.8) is 0 Å². The number of carbonyl (C=O) groups excluding carboxylic acids is 2. The van der Waals surface area contributed by atoms with E-state index < -0.39 is 0 Å². The molecule has 3 aromatic carbocycles. The first-order chi connectivity index (χ1) is 16.5. The van der Waals surface area contributed by atoms with E-state index in [2.05, 4.69) is 22.0 Å².